The highest BCUT2D eigenvalue weighted by atomic mass is 19.4. The van der Waals surface area contributed by atoms with Gasteiger partial charge in [-0.05, 0) is 6.07 Å². The van der Waals surface area contributed by atoms with Crippen LogP contribution >= 0.6 is 0 Å². The maximum absolute atomic E-state index is 11.9. The Kier molecular flexibility index (Phi) is 4.13. The Morgan fingerprint density at radius 3 is 2.71 bits per heavy atom. The standard InChI is InChI=1S/C9H10F3NO4/c10-9(11,12)7(14)4-13-3-6-5(8(15)16)1-2-17-6/h1-2,7,13-14H,3-4H2,(H,15,16). The van der Waals surface area contributed by atoms with Crippen molar-refractivity contribution in [2.24, 2.45) is 0 Å². The fraction of sp³-hybridized carbons (Fsp3) is 0.444. The van der Waals surface area contributed by atoms with Crippen LogP contribution in [0.2, 0.25) is 0 Å². The molecule has 0 aliphatic rings. The molecule has 8 heteroatoms. The van der Waals surface area contributed by atoms with Crippen LogP contribution in [-0.4, -0.2) is 35.0 Å². The first-order valence-corrected chi connectivity index (χ1v) is 4.57. The number of aromatic carboxylic acids is 1. The van der Waals surface area contributed by atoms with E-state index >= 15 is 0 Å². The summed E-state index contributed by atoms with van der Waals surface area (Å²) in [6, 6.07) is 1.19. The molecule has 0 spiro atoms. The SMILES string of the molecule is O=C(O)c1ccoc1CNCC(O)C(F)(F)F. The average molecular weight is 253 g/mol. The van der Waals surface area contributed by atoms with Gasteiger partial charge in [-0.2, -0.15) is 13.2 Å². The molecule has 0 fully saturated rings. The van der Waals surface area contributed by atoms with E-state index in [1.165, 1.54) is 6.07 Å². The molecule has 1 aromatic heterocycles. The van der Waals surface area contributed by atoms with Gasteiger partial charge in [0.2, 0.25) is 0 Å². The molecule has 1 aromatic rings. The van der Waals surface area contributed by atoms with Gasteiger partial charge in [-0.25, -0.2) is 4.79 Å². The monoisotopic (exact) mass is 253 g/mol. The van der Waals surface area contributed by atoms with E-state index in [0.717, 1.165) is 6.26 Å². The maximum Gasteiger partial charge on any atom is 0.415 e. The lowest BCUT2D eigenvalue weighted by Crippen LogP contribution is -2.38. The van der Waals surface area contributed by atoms with Gasteiger partial charge in [0.05, 0.1) is 12.8 Å². The van der Waals surface area contributed by atoms with Gasteiger partial charge < -0.3 is 19.9 Å². The van der Waals surface area contributed by atoms with E-state index in [4.69, 9.17) is 14.6 Å². The first kappa shape index (κ1) is 13.5. The van der Waals surface area contributed by atoms with Crippen molar-refractivity contribution in [3.63, 3.8) is 0 Å². The second-order valence-corrected chi connectivity index (χ2v) is 3.25. The van der Waals surface area contributed by atoms with Crippen LogP contribution in [0.3, 0.4) is 0 Å². The summed E-state index contributed by atoms with van der Waals surface area (Å²) in [4.78, 5) is 10.6. The highest BCUT2D eigenvalue weighted by Crippen LogP contribution is 2.19. The zero-order chi connectivity index (χ0) is 13.1. The van der Waals surface area contributed by atoms with Crippen molar-refractivity contribution in [2.45, 2.75) is 18.8 Å². The first-order chi connectivity index (χ1) is 7.82. The number of carbonyl (C=O) groups is 1. The second-order valence-electron chi connectivity index (χ2n) is 3.25. The van der Waals surface area contributed by atoms with E-state index in [2.05, 4.69) is 5.32 Å². The molecular formula is C9H10F3NO4. The molecule has 1 unspecified atom stereocenters. The van der Waals surface area contributed by atoms with E-state index < -0.39 is 24.8 Å². The summed E-state index contributed by atoms with van der Waals surface area (Å²) in [5.74, 6) is -1.22. The summed E-state index contributed by atoms with van der Waals surface area (Å²) in [6.45, 7) is -0.939. The number of rotatable bonds is 5. The van der Waals surface area contributed by atoms with Crippen LogP contribution in [0.15, 0.2) is 16.7 Å². The van der Waals surface area contributed by atoms with Gasteiger partial charge in [-0.15, -0.1) is 0 Å². The maximum atomic E-state index is 11.9. The molecule has 0 aliphatic carbocycles. The minimum atomic E-state index is -4.70. The summed E-state index contributed by atoms with van der Waals surface area (Å²) in [6.07, 6.45) is -6.07. The van der Waals surface area contributed by atoms with Crippen LogP contribution in [0.1, 0.15) is 16.1 Å². The summed E-state index contributed by atoms with van der Waals surface area (Å²) >= 11 is 0. The van der Waals surface area contributed by atoms with Gasteiger partial charge in [-0.1, -0.05) is 0 Å². The Hall–Kier alpha value is -1.54. The number of alkyl halides is 3. The third-order valence-electron chi connectivity index (χ3n) is 1.98. The molecule has 1 rings (SSSR count). The summed E-state index contributed by atoms with van der Waals surface area (Å²) in [5.41, 5.74) is -0.126. The molecule has 96 valence electrons. The quantitative estimate of drug-likeness (QED) is 0.729. The minimum absolute atomic E-state index is 0.00637. The number of carboxylic acids is 1. The van der Waals surface area contributed by atoms with Gasteiger partial charge in [0.1, 0.15) is 11.3 Å². The summed E-state index contributed by atoms with van der Waals surface area (Å²) in [5, 5.41) is 19.6. The van der Waals surface area contributed by atoms with Gasteiger partial charge in [-0.3, -0.25) is 0 Å². The van der Waals surface area contributed by atoms with Crippen LogP contribution < -0.4 is 5.32 Å². The molecular weight excluding hydrogens is 243 g/mol. The molecule has 0 aliphatic heterocycles. The molecule has 5 nitrogen and oxygen atoms in total. The van der Waals surface area contributed by atoms with Crippen LogP contribution in [0, 0.1) is 0 Å². The molecule has 3 N–H and O–H groups in total. The third kappa shape index (κ3) is 3.75. The first-order valence-electron chi connectivity index (χ1n) is 4.57. The van der Waals surface area contributed by atoms with Crippen LogP contribution in [0.5, 0.6) is 0 Å². The van der Waals surface area contributed by atoms with E-state index in [-0.39, 0.29) is 17.9 Å². The number of hydrogen-bond donors (Lipinski definition) is 3. The highest BCUT2D eigenvalue weighted by Gasteiger charge is 2.37. The predicted molar refractivity (Wildman–Crippen MR) is 49.4 cm³/mol. The lowest BCUT2D eigenvalue weighted by molar-refractivity contribution is -0.201. The van der Waals surface area contributed by atoms with Gasteiger partial charge in [0.15, 0.2) is 6.10 Å². The molecule has 0 saturated heterocycles. The van der Waals surface area contributed by atoms with Gasteiger partial charge in [0, 0.05) is 6.54 Å². The second kappa shape index (κ2) is 5.19. The number of furan rings is 1. The number of hydrogen-bond acceptors (Lipinski definition) is 4. The molecule has 0 aromatic carbocycles. The van der Waals surface area contributed by atoms with Crippen molar-refractivity contribution in [1.82, 2.24) is 5.32 Å². The smallest absolute Gasteiger partial charge is 0.415 e. The zero-order valence-corrected chi connectivity index (χ0v) is 8.49. The third-order valence-corrected chi connectivity index (χ3v) is 1.98. The van der Waals surface area contributed by atoms with Crippen molar-refractivity contribution in [3.05, 3.63) is 23.7 Å². The number of nitrogens with one attached hydrogen (secondary N) is 1. The molecule has 1 heterocycles. The Morgan fingerprint density at radius 1 is 1.53 bits per heavy atom. The lowest BCUT2D eigenvalue weighted by atomic mass is 10.2. The average Bonchev–Trinajstić information content (AvgIpc) is 2.64. The van der Waals surface area contributed by atoms with Crippen molar-refractivity contribution < 1.29 is 32.6 Å². The molecule has 0 bridgehead atoms. The van der Waals surface area contributed by atoms with Crippen molar-refractivity contribution in [3.8, 4) is 0 Å². The number of aliphatic hydroxyl groups excluding tert-OH is 1. The van der Waals surface area contributed by atoms with Gasteiger partial charge in [0.25, 0.3) is 0 Å². The normalized spacial score (nSPS) is 13.6. The zero-order valence-electron chi connectivity index (χ0n) is 8.49. The Balaban J connectivity index is 2.46. The number of halogens is 3. The predicted octanol–water partition coefficient (Wildman–Crippen LogP) is 0.991. The number of carboxylic acid groups (broad SMARTS) is 1. The molecule has 17 heavy (non-hydrogen) atoms. The van der Waals surface area contributed by atoms with Crippen LogP contribution in [-0.2, 0) is 6.54 Å². The minimum Gasteiger partial charge on any atom is -0.478 e. The van der Waals surface area contributed by atoms with E-state index in [9.17, 15) is 18.0 Å². The number of aliphatic hydroxyl groups is 1. The van der Waals surface area contributed by atoms with Crippen molar-refractivity contribution in [2.75, 3.05) is 6.54 Å². The van der Waals surface area contributed by atoms with E-state index in [0.29, 0.717) is 0 Å². The Morgan fingerprint density at radius 2 is 2.18 bits per heavy atom. The van der Waals surface area contributed by atoms with E-state index in [1.54, 1.807) is 0 Å². The topological polar surface area (TPSA) is 82.7 Å². The molecule has 0 radical (unpaired) electrons. The van der Waals surface area contributed by atoms with Crippen molar-refractivity contribution in [1.29, 1.82) is 0 Å². The fourth-order valence-electron chi connectivity index (χ4n) is 1.11. The highest BCUT2D eigenvalue weighted by molar-refractivity contribution is 5.88. The summed E-state index contributed by atoms with van der Waals surface area (Å²) < 4.78 is 40.5. The Labute approximate surface area is 93.8 Å². The molecule has 0 amide bonds. The van der Waals surface area contributed by atoms with E-state index in [1.807, 2.05) is 0 Å². The Bertz CT molecular complexity index is 388. The van der Waals surface area contributed by atoms with Crippen LogP contribution in [0.25, 0.3) is 0 Å². The summed E-state index contributed by atoms with van der Waals surface area (Å²) in [7, 11) is 0. The largest absolute Gasteiger partial charge is 0.478 e. The van der Waals surface area contributed by atoms with Gasteiger partial charge >= 0.3 is 12.1 Å². The molecule has 1 atom stereocenters. The van der Waals surface area contributed by atoms with Crippen LogP contribution in [0.4, 0.5) is 13.2 Å². The fourth-order valence-corrected chi connectivity index (χ4v) is 1.11. The lowest BCUT2D eigenvalue weighted by Gasteiger charge is -2.14. The van der Waals surface area contributed by atoms with Crippen molar-refractivity contribution >= 4 is 5.97 Å². The molecule has 0 saturated carbocycles.